The Balaban J connectivity index is 1.83. The highest BCUT2D eigenvalue weighted by molar-refractivity contribution is 6.31. The second kappa shape index (κ2) is 11.2. The van der Waals surface area contributed by atoms with E-state index in [1.54, 1.807) is 43.5 Å². The summed E-state index contributed by atoms with van der Waals surface area (Å²) >= 11 is 6.55. The van der Waals surface area contributed by atoms with Crippen LogP contribution in [0.1, 0.15) is 68.8 Å². The van der Waals surface area contributed by atoms with Crippen LogP contribution in [0.4, 0.5) is 5.69 Å². The molecule has 0 radical (unpaired) electrons. The van der Waals surface area contributed by atoms with Gasteiger partial charge < -0.3 is 20.7 Å². The Morgan fingerprint density at radius 1 is 1.15 bits per heavy atom. The van der Waals surface area contributed by atoms with Gasteiger partial charge in [-0.25, -0.2) is 0 Å². The number of methoxy groups -OCH3 is 1. The van der Waals surface area contributed by atoms with E-state index >= 15 is 0 Å². The van der Waals surface area contributed by atoms with E-state index in [2.05, 4.69) is 26.1 Å². The number of amides is 2. The number of nitrogens with two attached hydrogens (primary N) is 1. The van der Waals surface area contributed by atoms with E-state index in [0.717, 1.165) is 31.2 Å². The standard InChI is InChI=1S/C27H36ClN3O3/c1-27(2,3)16-25(32)31(24-11-6-5-10-23(24)29)17-19-14-20(12-13-22(19)28)30-26(33)18-8-7-9-21(15-18)34-4/h7-9,12-15,23-24H,5-6,10-11,16-17,29H2,1-4H3,(H,30,33). The van der Waals surface area contributed by atoms with Gasteiger partial charge in [0.1, 0.15) is 5.75 Å². The molecule has 2 aromatic rings. The minimum atomic E-state index is -0.248. The lowest BCUT2D eigenvalue weighted by Gasteiger charge is -2.39. The quantitative estimate of drug-likeness (QED) is 0.531. The molecule has 3 rings (SSSR count). The summed E-state index contributed by atoms with van der Waals surface area (Å²) in [5.74, 6) is 0.445. The fraction of sp³-hybridized carbons (Fsp3) is 0.481. The molecule has 0 heterocycles. The van der Waals surface area contributed by atoms with E-state index in [4.69, 9.17) is 22.1 Å². The third-order valence-electron chi connectivity index (χ3n) is 6.16. The number of carbonyl (C=O) groups excluding carboxylic acids is 2. The van der Waals surface area contributed by atoms with E-state index in [1.165, 1.54) is 0 Å². The minimum Gasteiger partial charge on any atom is -0.497 e. The number of nitrogens with zero attached hydrogens (tertiary/aromatic N) is 1. The maximum absolute atomic E-state index is 13.4. The SMILES string of the molecule is COc1cccc(C(=O)Nc2ccc(Cl)c(CN(C(=O)CC(C)(C)C)C3CCCCC3N)c2)c1. The molecule has 184 valence electrons. The molecule has 7 heteroatoms. The second-order valence-corrected chi connectivity index (χ2v) is 10.7. The topological polar surface area (TPSA) is 84.7 Å². The molecule has 1 aliphatic carbocycles. The average molecular weight is 486 g/mol. The van der Waals surface area contributed by atoms with Crippen LogP contribution in [0.5, 0.6) is 5.75 Å². The summed E-state index contributed by atoms with van der Waals surface area (Å²) in [7, 11) is 1.56. The number of hydrogen-bond donors (Lipinski definition) is 2. The van der Waals surface area contributed by atoms with Gasteiger partial charge >= 0.3 is 0 Å². The van der Waals surface area contributed by atoms with Gasteiger partial charge in [-0.3, -0.25) is 9.59 Å². The van der Waals surface area contributed by atoms with Crippen LogP contribution >= 0.6 is 11.6 Å². The molecule has 1 aliphatic rings. The van der Waals surface area contributed by atoms with Crippen LogP contribution in [0.2, 0.25) is 5.02 Å². The Bertz CT molecular complexity index is 1020. The zero-order valence-electron chi connectivity index (χ0n) is 20.6. The Hall–Kier alpha value is -2.57. The normalized spacial score (nSPS) is 18.3. The lowest BCUT2D eigenvalue weighted by Crippen LogP contribution is -2.52. The van der Waals surface area contributed by atoms with E-state index in [0.29, 0.717) is 35.0 Å². The lowest BCUT2D eigenvalue weighted by atomic mass is 9.87. The number of anilines is 1. The first-order valence-corrected chi connectivity index (χ1v) is 12.2. The molecule has 0 spiro atoms. The van der Waals surface area contributed by atoms with Crippen LogP contribution in [-0.2, 0) is 11.3 Å². The van der Waals surface area contributed by atoms with Crippen molar-refractivity contribution < 1.29 is 14.3 Å². The highest BCUT2D eigenvalue weighted by atomic mass is 35.5. The average Bonchev–Trinajstić information content (AvgIpc) is 2.78. The van der Waals surface area contributed by atoms with Gasteiger partial charge in [0, 0.05) is 41.3 Å². The van der Waals surface area contributed by atoms with Gasteiger partial charge in [0.2, 0.25) is 5.91 Å². The monoisotopic (exact) mass is 485 g/mol. The Labute approximate surface area is 207 Å². The van der Waals surface area contributed by atoms with Crippen molar-refractivity contribution in [1.82, 2.24) is 4.90 Å². The van der Waals surface area contributed by atoms with E-state index < -0.39 is 0 Å². The van der Waals surface area contributed by atoms with Gasteiger partial charge in [0.05, 0.1) is 7.11 Å². The predicted octanol–water partition coefficient (Wildman–Crippen LogP) is 5.64. The molecule has 0 saturated heterocycles. The Morgan fingerprint density at radius 2 is 1.88 bits per heavy atom. The van der Waals surface area contributed by atoms with Crippen molar-refractivity contribution in [2.45, 2.75) is 71.5 Å². The van der Waals surface area contributed by atoms with Crippen LogP contribution < -0.4 is 15.8 Å². The molecule has 2 amide bonds. The number of carbonyl (C=O) groups is 2. The summed E-state index contributed by atoms with van der Waals surface area (Å²) in [6, 6.07) is 12.3. The Morgan fingerprint density at radius 3 is 2.56 bits per heavy atom. The fourth-order valence-corrected chi connectivity index (χ4v) is 4.57. The van der Waals surface area contributed by atoms with Crippen molar-refractivity contribution in [3.8, 4) is 5.75 Å². The first kappa shape index (κ1) is 26.0. The summed E-state index contributed by atoms with van der Waals surface area (Å²) in [5, 5.41) is 3.48. The fourth-order valence-electron chi connectivity index (χ4n) is 4.40. The Kier molecular flexibility index (Phi) is 8.61. The number of rotatable bonds is 7. The molecule has 1 fully saturated rings. The zero-order valence-corrected chi connectivity index (χ0v) is 21.3. The number of benzene rings is 2. The molecule has 3 N–H and O–H groups in total. The number of ether oxygens (including phenoxy) is 1. The highest BCUT2D eigenvalue weighted by Crippen LogP contribution is 2.30. The maximum atomic E-state index is 13.4. The minimum absolute atomic E-state index is 0.0188. The van der Waals surface area contributed by atoms with Crippen LogP contribution in [0.3, 0.4) is 0 Å². The van der Waals surface area contributed by atoms with E-state index in [-0.39, 0.29) is 29.3 Å². The van der Waals surface area contributed by atoms with Gasteiger partial charge in [-0.05, 0) is 60.2 Å². The van der Waals surface area contributed by atoms with Crippen molar-refractivity contribution in [1.29, 1.82) is 0 Å². The molecular weight excluding hydrogens is 450 g/mol. The van der Waals surface area contributed by atoms with Crippen LogP contribution in [0.25, 0.3) is 0 Å². The van der Waals surface area contributed by atoms with Crippen molar-refractivity contribution in [2.75, 3.05) is 12.4 Å². The number of hydrogen-bond acceptors (Lipinski definition) is 4. The molecule has 2 atom stereocenters. The summed E-state index contributed by atoms with van der Waals surface area (Å²) in [4.78, 5) is 28.1. The maximum Gasteiger partial charge on any atom is 0.255 e. The molecule has 6 nitrogen and oxygen atoms in total. The highest BCUT2D eigenvalue weighted by Gasteiger charge is 2.33. The largest absolute Gasteiger partial charge is 0.497 e. The molecule has 0 bridgehead atoms. The van der Waals surface area contributed by atoms with E-state index in [1.807, 2.05) is 11.0 Å². The summed E-state index contributed by atoms with van der Waals surface area (Å²) in [6.07, 6.45) is 4.38. The van der Waals surface area contributed by atoms with Crippen LogP contribution in [0, 0.1) is 5.41 Å². The number of nitrogens with one attached hydrogen (secondary N) is 1. The van der Waals surface area contributed by atoms with Gasteiger partial charge in [-0.15, -0.1) is 0 Å². The van der Waals surface area contributed by atoms with Gasteiger partial charge in [-0.1, -0.05) is 51.3 Å². The third-order valence-corrected chi connectivity index (χ3v) is 6.53. The predicted molar refractivity (Wildman–Crippen MR) is 137 cm³/mol. The zero-order chi connectivity index (χ0) is 24.9. The molecule has 0 aromatic heterocycles. The van der Waals surface area contributed by atoms with Crippen molar-refractivity contribution in [2.24, 2.45) is 11.1 Å². The molecular formula is C27H36ClN3O3. The van der Waals surface area contributed by atoms with Gasteiger partial charge in [0.25, 0.3) is 5.91 Å². The molecule has 2 aromatic carbocycles. The third kappa shape index (κ3) is 6.97. The molecule has 34 heavy (non-hydrogen) atoms. The van der Waals surface area contributed by atoms with Crippen molar-refractivity contribution in [3.63, 3.8) is 0 Å². The molecule has 0 aliphatic heterocycles. The first-order chi connectivity index (χ1) is 16.1. The van der Waals surface area contributed by atoms with E-state index in [9.17, 15) is 9.59 Å². The second-order valence-electron chi connectivity index (χ2n) is 10.3. The van der Waals surface area contributed by atoms with Crippen LogP contribution in [0.15, 0.2) is 42.5 Å². The summed E-state index contributed by atoms with van der Waals surface area (Å²) in [6.45, 7) is 6.54. The van der Waals surface area contributed by atoms with Crippen molar-refractivity contribution in [3.05, 3.63) is 58.6 Å². The molecule has 1 saturated carbocycles. The first-order valence-electron chi connectivity index (χ1n) is 11.9. The number of halogens is 1. The summed E-state index contributed by atoms with van der Waals surface area (Å²) < 4.78 is 5.21. The van der Waals surface area contributed by atoms with Crippen molar-refractivity contribution >= 4 is 29.1 Å². The summed E-state index contributed by atoms with van der Waals surface area (Å²) in [5.41, 5.74) is 8.22. The smallest absolute Gasteiger partial charge is 0.255 e. The van der Waals surface area contributed by atoms with Gasteiger partial charge in [0.15, 0.2) is 0 Å². The van der Waals surface area contributed by atoms with Crippen LogP contribution in [-0.4, -0.2) is 35.9 Å². The van der Waals surface area contributed by atoms with Gasteiger partial charge in [-0.2, -0.15) is 0 Å². The molecule has 2 unspecified atom stereocenters. The lowest BCUT2D eigenvalue weighted by molar-refractivity contribution is -0.137.